The first-order valence-electron chi connectivity index (χ1n) is 11.6. The van der Waals surface area contributed by atoms with Gasteiger partial charge in [-0.25, -0.2) is 12.7 Å². The molecule has 184 valence electrons. The fourth-order valence-electron chi connectivity index (χ4n) is 4.47. The number of amides is 2. The molecule has 1 heterocycles. The normalized spacial score (nSPS) is 15.5. The lowest BCUT2D eigenvalue weighted by Crippen LogP contribution is -2.53. The maximum Gasteiger partial charge on any atom is 0.267 e. The maximum absolute atomic E-state index is 13.9. The van der Waals surface area contributed by atoms with Gasteiger partial charge >= 0.3 is 0 Å². The largest absolute Gasteiger partial charge is 0.321 e. The molecule has 1 aliphatic heterocycles. The van der Waals surface area contributed by atoms with Gasteiger partial charge in [0.15, 0.2) is 0 Å². The second-order valence-corrected chi connectivity index (χ2v) is 10.6. The summed E-state index contributed by atoms with van der Waals surface area (Å²) in [6.07, 6.45) is 1.03. The van der Waals surface area contributed by atoms with Gasteiger partial charge in [0.05, 0.1) is 17.0 Å². The Hall–Kier alpha value is -3.27. The molecule has 3 aromatic carbocycles. The van der Waals surface area contributed by atoms with Crippen LogP contribution in [0.25, 0.3) is 10.8 Å². The van der Waals surface area contributed by atoms with Crippen LogP contribution in [0.15, 0.2) is 65.6 Å². The average Bonchev–Trinajstić information content (AvgIpc) is 2.84. The van der Waals surface area contributed by atoms with Crippen molar-refractivity contribution in [3.8, 4) is 0 Å². The van der Waals surface area contributed by atoms with Crippen LogP contribution in [0.4, 0.5) is 5.69 Å². The Balaban J connectivity index is 1.78. The summed E-state index contributed by atoms with van der Waals surface area (Å²) in [6, 6.07) is 15.8. The van der Waals surface area contributed by atoms with Gasteiger partial charge in [-0.2, -0.15) is 0 Å². The number of carbonyl (C=O) groups is 2. The molecule has 0 radical (unpaired) electrons. The molecule has 8 nitrogen and oxygen atoms in total. The number of benzene rings is 3. The summed E-state index contributed by atoms with van der Waals surface area (Å²) in [6.45, 7) is 4.59. The fraction of sp³-hybridized carbons (Fsp3) is 0.308. The van der Waals surface area contributed by atoms with Gasteiger partial charge < -0.3 is 16.4 Å². The number of fused-ring (bicyclic) bond motifs is 1. The molecule has 1 saturated heterocycles. The van der Waals surface area contributed by atoms with Crippen LogP contribution in [0.5, 0.6) is 0 Å². The highest BCUT2D eigenvalue weighted by Crippen LogP contribution is 2.33. The number of nitrogens with zero attached hydrogens (tertiary/aromatic N) is 1. The number of hydrogen-bond acceptors (Lipinski definition) is 6. The van der Waals surface area contributed by atoms with Gasteiger partial charge in [-0.1, -0.05) is 42.5 Å². The lowest BCUT2D eigenvalue weighted by atomic mass is 10.1. The number of nitrogens with one attached hydrogen (secondary N) is 2. The van der Waals surface area contributed by atoms with Crippen LogP contribution in [0.1, 0.15) is 35.7 Å². The molecule has 4 N–H and O–H groups in total. The molecule has 0 aliphatic carbocycles. The average molecular weight is 495 g/mol. The van der Waals surface area contributed by atoms with Crippen molar-refractivity contribution in [3.63, 3.8) is 0 Å². The third kappa shape index (κ3) is 4.93. The zero-order valence-electron chi connectivity index (χ0n) is 19.8. The van der Waals surface area contributed by atoms with Crippen molar-refractivity contribution >= 4 is 38.3 Å². The Labute approximate surface area is 205 Å². The minimum atomic E-state index is -4.21. The van der Waals surface area contributed by atoms with E-state index in [9.17, 15) is 18.0 Å². The Kier molecular flexibility index (Phi) is 7.20. The topological polar surface area (TPSA) is 122 Å². The fourth-order valence-corrected chi connectivity index (χ4v) is 6.38. The Bertz CT molecular complexity index is 1360. The highest BCUT2D eigenvalue weighted by Gasteiger charge is 2.38. The lowest BCUT2D eigenvalue weighted by molar-refractivity contribution is -0.129. The first-order chi connectivity index (χ1) is 16.7. The first-order valence-corrected chi connectivity index (χ1v) is 13.1. The molecule has 2 amide bonds. The number of nitrogens with two attached hydrogens (primary N) is 1. The molecule has 0 saturated carbocycles. The van der Waals surface area contributed by atoms with Gasteiger partial charge in [0.2, 0.25) is 0 Å². The molecule has 1 fully saturated rings. The predicted octanol–water partition coefficient (Wildman–Crippen LogP) is 3.02. The minimum Gasteiger partial charge on any atom is -0.321 e. The number of aryl methyl sites for hydroxylation is 1. The SMILES string of the molecule is Cc1ccccc1C(=O)Nc1ccc(S(=O)(=O)N(C(=O)C(C)N)C2CCNCC2)c2ccccc12. The molecule has 0 aromatic heterocycles. The molecular formula is C26H30N4O4S. The standard InChI is InChI=1S/C26H30N4O4S/c1-17-7-3-4-8-20(17)25(31)29-23-11-12-24(22-10-6-5-9-21(22)23)35(33,34)30(26(32)18(2)27)19-13-15-28-16-14-19/h3-12,18-19,28H,13-16,27H2,1-2H3,(H,29,31). The quantitative estimate of drug-likeness (QED) is 0.484. The second-order valence-electron chi connectivity index (χ2n) is 8.83. The van der Waals surface area contributed by atoms with E-state index in [-0.39, 0.29) is 10.8 Å². The Morgan fingerprint density at radius 2 is 1.63 bits per heavy atom. The summed E-state index contributed by atoms with van der Waals surface area (Å²) in [7, 11) is -4.21. The third-order valence-corrected chi connectivity index (χ3v) is 8.21. The van der Waals surface area contributed by atoms with E-state index >= 15 is 0 Å². The number of piperidine rings is 1. The Morgan fingerprint density at radius 1 is 1.00 bits per heavy atom. The van der Waals surface area contributed by atoms with Gasteiger partial charge in [0.1, 0.15) is 0 Å². The van der Waals surface area contributed by atoms with E-state index in [0.29, 0.717) is 48.0 Å². The van der Waals surface area contributed by atoms with E-state index in [1.54, 1.807) is 42.5 Å². The van der Waals surface area contributed by atoms with Crippen LogP contribution in [-0.2, 0) is 14.8 Å². The van der Waals surface area contributed by atoms with Crippen LogP contribution in [0, 0.1) is 6.92 Å². The van der Waals surface area contributed by atoms with Crippen LogP contribution in [0.3, 0.4) is 0 Å². The van der Waals surface area contributed by atoms with Crippen LogP contribution in [-0.4, -0.2) is 49.7 Å². The molecule has 1 atom stereocenters. The van der Waals surface area contributed by atoms with E-state index in [1.165, 1.54) is 13.0 Å². The van der Waals surface area contributed by atoms with Gasteiger partial charge in [-0.3, -0.25) is 9.59 Å². The second kappa shape index (κ2) is 10.2. The number of carbonyl (C=O) groups excluding carboxylic acids is 2. The van der Waals surface area contributed by atoms with Gasteiger partial charge in [-0.15, -0.1) is 0 Å². The smallest absolute Gasteiger partial charge is 0.267 e. The molecule has 9 heteroatoms. The van der Waals surface area contributed by atoms with Crippen molar-refractivity contribution in [1.29, 1.82) is 0 Å². The third-order valence-electron chi connectivity index (χ3n) is 6.31. The lowest BCUT2D eigenvalue weighted by Gasteiger charge is -2.35. The predicted molar refractivity (Wildman–Crippen MR) is 137 cm³/mol. The summed E-state index contributed by atoms with van der Waals surface area (Å²) in [5.41, 5.74) is 7.71. The number of hydrogen-bond donors (Lipinski definition) is 3. The molecule has 4 rings (SSSR count). The highest BCUT2D eigenvalue weighted by atomic mass is 32.2. The highest BCUT2D eigenvalue weighted by molar-refractivity contribution is 7.90. The number of sulfonamides is 1. The molecule has 0 spiro atoms. The molecule has 1 aliphatic rings. The zero-order valence-corrected chi connectivity index (χ0v) is 20.6. The van der Waals surface area contributed by atoms with Crippen molar-refractivity contribution in [1.82, 2.24) is 9.62 Å². The summed E-state index contributed by atoms with van der Waals surface area (Å²) in [5.74, 6) is -0.912. The number of rotatable bonds is 6. The molecule has 35 heavy (non-hydrogen) atoms. The number of anilines is 1. The molecular weight excluding hydrogens is 464 g/mol. The van der Waals surface area contributed by atoms with Crippen molar-refractivity contribution in [2.24, 2.45) is 5.73 Å². The van der Waals surface area contributed by atoms with Crippen LogP contribution < -0.4 is 16.4 Å². The summed E-state index contributed by atoms with van der Waals surface area (Å²) in [5, 5.41) is 7.10. The maximum atomic E-state index is 13.9. The van der Waals surface area contributed by atoms with E-state index in [2.05, 4.69) is 10.6 Å². The van der Waals surface area contributed by atoms with Gasteiger partial charge in [-0.05, 0) is 63.5 Å². The van der Waals surface area contributed by atoms with Crippen molar-refractivity contribution in [3.05, 3.63) is 71.8 Å². The Morgan fingerprint density at radius 3 is 2.29 bits per heavy atom. The van der Waals surface area contributed by atoms with E-state index in [0.717, 1.165) is 9.87 Å². The van der Waals surface area contributed by atoms with Crippen molar-refractivity contribution < 1.29 is 18.0 Å². The van der Waals surface area contributed by atoms with Crippen LogP contribution >= 0.6 is 0 Å². The minimum absolute atomic E-state index is 0.00882. The summed E-state index contributed by atoms with van der Waals surface area (Å²) in [4.78, 5) is 26.0. The van der Waals surface area contributed by atoms with Crippen molar-refractivity contribution in [2.45, 2.75) is 43.7 Å². The van der Waals surface area contributed by atoms with Crippen molar-refractivity contribution in [2.75, 3.05) is 18.4 Å². The summed E-state index contributed by atoms with van der Waals surface area (Å²) < 4.78 is 28.8. The van der Waals surface area contributed by atoms with Gasteiger partial charge in [0, 0.05) is 22.0 Å². The zero-order chi connectivity index (χ0) is 25.2. The van der Waals surface area contributed by atoms with E-state index < -0.39 is 28.0 Å². The van der Waals surface area contributed by atoms with E-state index in [1.807, 2.05) is 19.1 Å². The summed E-state index contributed by atoms with van der Waals surface area (Å²) >= 11 is 0. The first kappa shape index (κ1) is 24.8. The molecule has 0 bridgehead atoms. The molecule has 3 aromatic rings. The van der Waals surface area contributed by atoms with Gasteiger partial charge in [0.25, 0.3) is 21.8 Å². The van der Waals surface area contributed by atoms with Crippen LogP contribution in [0.2, 0.25) is 0 Å². The van der Waals surface area contributed by atoms with E-state index in [4.69, 9.17) is 5.73 Å². The monoisotopic (exact) mass is 494 g/mol. The molecule has 1 unspecified atom stereocenters.